The molecule has 8 heteroatoms. The lowest BCUT2D eigenvalue weighted by Crippen LogP contribution is -2.39. The lowest BCUT2D eigenvalue weighted by Gasteiger charge is -2.24. The zero-order chi connectivity index (χ0) is 19.7. The normalized spacial score (nSPS) is 17.5. The number of fused-ring (bicyclic) bond motifs is 1. The van der Waals surface area contributed by atoms with Crippen LogP contribution >= 0.6 is 0 Å². The molecule has 28 heavy (non-hydrogen) atoms. The second kappa shape index (κ2) is 7.37. The lowest BCUT2D eigenvalue weighted by molar-refractivity contribution is 0.389. The molecule has 1 fully saturated rings. The number of pyridine rings is 1. The number of nitrogens with zero attached hydrogens (tertiary/aromatic N) is 4. The number of hydrogen-bond acceptors (Lipinski definition) is 5. The maximum absolute atomic E-state index is 12.8. The molecule has 0 amide bonds. The molecule has 1 unspecified atom stereocenters. The fourth-order valence-corrected chi connectivity index (χ4v) is 5.01. The number of rotatable bonds is 5. The molecule has 1 aliphatic heterocycles. The summed E-state index contributed by atoms with van der Waals surface area (Å²) in [6.07, 6.45) is 2.38. The van der Waals surface area contributed by atoms with Gasteiger partial charge in [-0.15, -0.1) is 0 Å². The molecule has 1 aromatic carbocycles. The third kappa shape index (κ3) is 3.65. The minimum Gasteiger partial charge on any atom is -0.355 e. The molecule has 1 aliphatic rings. The number of sulfonamides is 1. The van der Waals surface area contributed by atoms with E-state index in [0.717, 1.165) is 5.56 Å². The maximum Gasteiger partial charge on any atom is 0.259 e. The third-order valence-corrected chi connectivity index (χ3v) is 7.06. The van der Waals surface area contributed by atoms with E-state index in [9.17, 15) is 13.2 Å². The van der Waals surface area contributed by atoms with Crippen LogP contribution in [0.15, 0.2) is 65.6 Å². The van der Waals surface area contributed by atoms with Gasteiger partial charge in [-0.25, -0.2) is 13.4 Å². The van der Waals surface area contributed by atoms with Crippen molar-refractivity contribution < 1.29 is 8.42 Å². The van der Waals surface area contributed by atoms with E-state index in [1.54, 1.807) is 25.4 Å². The van der Waals surface area contributed by atoms with Crippen LogP contribution in [-0.2, 0) is 15.8 Å². The number of hydrogen-bond donors (Lipinski definition) is 0. The molecule has 3 aromatic rings. The van der Waals surface area contributed by atoms with Crippen molar-refractivity contribution in [3.8, 4) is 0 Å². The van der Waals surface area contributed by atoms with Gasteiger partial charge in [0.1, 0.15) is 11.5 Å². The van der Waals surface area contributed by atoms with Crippen molar-refractivity contribution >= 4 is 21.5 Å². The van der Waals surface area contributed by atoms with Crippen LogP contribution in [0, 0.1) is 0 Å². The van der Waals surface area contributed by atoms with Crippen LogP contribution in [0.4, 0.5) is 5.82 Å². The van der Waals surface area contributed by atoms with Gasteiger partial charge in [-0.05, 0) is 24.1 Å². The van der Waals surface area contributed by atoms with Gasteiger partial charge in [0.05, 0.1) is 5.75 Å². The molecule has 0 bridgehead atoms. The van der Waals surface area contributed by atoms with Crippen molar-refractivity contribution in [3.05, 3.63) is 76.7 Å². The SMILES string of the molecule is CN(C1CCN(c2cc(=O)n3ccccc3n2)C1)S(=O)(=O)Cc1ccccc1. The topological polar surface area (TPSA) is 75.0 Å². The summed E-state index contributed by atoms with van der Waals surface area (Å²) in [7, 11) is -1.79. The van der Waals surface area contributed by atoms with Crippen LogP contribution in [-0.4, -0.2) is 48.3 Å². The summed E-state index contributed by atoms with van der Waals surface area (Å²) in [5.74, 6) is 0.573. The molecule has 1 saturated heterocycles. The maximum atomic E-state index is 12.8. The van der Waals surface area contributed by atoms with Gasteiger partial charge in [0.15, 0.2) is 0 Å². The first-order chi connectivity index (χ1) is 13.4. The summed E-state index contributed by atoms with van der Waals surface area (Å²) in [6, 6.07) is 16.0. The zero-order valence-corrected chi connectivity index (χ0v) is 16.4. The van der Waals surface area contributed by atoms with Crippen molar-refractivity contribution in [3.63, 3.8) is 0 Å². The number of anilines is 1. The van der Waals surface area contributed by atoms with E-state index in [0.29, 0.717) is 31.0 Å². The Hall–Kier alpha value is -2.71. The predicted molar refractivity (Wildman–Crippen MR) is 109 cm³/mol. The second-order valence-corrected chi connectivity index (χ2v) is 9.06. The highest BCUT2D eigenvalue weighted by molar-refractivity contribution is 7.88. The van der Waals surface area contributed by atoms with Crippen LogP contribution in [0.2, 0.25) is 0 Å². The average Bonchev–Trinajstić information content (AvgIpc) is 3.18. The first kappa shape index (κ1) is 18.6. The Bertz CT molecular complexity index is 1140. The highest BCUT2D eigenvalue weighted by Gasteiger charge is 2.33. The van der Waals surface area contributed by atoms with Gasteiger partial charge in [0, 0.05) is 38.4 Å². The summed E-state index contributed by atoms with van der Waals surface area (Å²) in [5, 5.41) is 0. The van der Waals surface area contributed by atoms with Gasteiger partial charge < -0.3 is 4.90 Å². The Morgan fingerprint density at radius 1 is 1.14 bits per heavy atom. The smallest absolute Gasteiger partial charge is 0.259 e. The van der Waals surface area contributed by atoms with Crippen LogP contribution in [0.25, 0.3) is 5.65 Å². The third-order valence-electron chi connectivity index (χ3n) is 5.19. The number of benzene rings is 1. The summed E-state index contributed by atoms with van der Waals surface area (Å²) >= 11 is 0. The van der Waals surface area contributed by atoms with E-state index in [2.05, 4.69) is 4.98 Å². The molecule has 1 atom stereocenters. The van der Waals surface area contributed by atoms with E-state index in [4.69, 9.17) is 0 Å². The van der Waals surface area contributed by atoms with Crippen LogP contribution in [0.1, 0.15) is 12.0 Å². The quantitative estimate of drug-likeness (QED) is 0.654. The molecule has 146 valence electrons. The van der Waals surface area contributed by atoms with Crippen molar-refractivity contribution in [1.82, 2.24) is 13.7 Å². The summed E-state index contributed by atoms with van der Waals surface area (Å²) in [5.41, 5.74) is 1.21. The van der Waals surface area contributed by atoms with Crippen LogP contribution < -0.4 is 10.5 Å². The summed E-state index contributed by atoms with van der Waals surface area (Å²) < 4.78 is 28.6. The Morgan fingerprint density at radius 2 is 1.89 bits per heavy atom. The van der Waals surface area contributed by atoms with E-state index in [1.807, 2.05) is 41.3 Å². The summed E-state index contributed by atoms with van der Waals surface area (Å²) in [4.78, 5) is 18.9. The molecular formula is C20H22N4O3S. The molecule has 3 heterocycles. The molecule has 4 rings (SSSR count). The van der Waals surface area contributed by atoms with Gasteiger partial charge in [0.25, 0.3) is 5.56 Å². The Kier molecular flexibility index (Phi) is 4.91. The van der Waals surface area contributed by atoms with Crippen LogP contribution in [0.5, 0.6) is 0 Å². The van der Waals surface area contributed by atoms with Crippen molar-refractivity contribution in [2.75, 3.05) is 25.0 Å². The fourth-order valence-electron chi connectivity index (χ4n) is 3.56. The zero-order valence-electron chi connectivity index (χ0n) is 15.6. The van der Waals surface area contributed by atoms with Gasteiger partial charge >= 0.3 is 0 Å². The first-order valence-electron chi connectivity index (χ1n) is 9.17. The van der Waals surface area contributed by atoms with Crippen LogP contribution in [0.3, 0.4) is 0 Å². The number of likely N-dealkylation sites (N-methyl/N-ethyl adjacent to an activating group) is 1. The molecule has 0 saturated carbocycles. The Labute approximate surface area is 163 Å². The predicted octanol–water partition coefficient (Wildman–Crippen LogP) is 1.73. The molecule has 0 radical (unpaired) electrons. The van der Waals surface area contributed by atoms with Crippen molar-refractivity contribution in [1.29, 1.82) is 0 Å². The highest BCUT2D eigenvalue weighted by atomic mass is 32.2. The molecular weight excluding hydrogens is 376 g/mol. The molecule has 7 nitrogen and oxygen atoms in total. The lowest BCUT2D eigenvalue weighted by atomic mass is 10.2. The van der Waals surface area contributed by atoms with Gasteiger partial charge in [-0.1, -0.05) is 36.4 Å². The number of aromatic nitrogens is 2. The van der Waals surface area contributed by atoms with Gasteiger partial charge in [-0.3, -0.25) is 9.20 Å². The van der Waals surface area contributed by atoms with Gasteiger partial charge in [-0.2, -0.15) is 4.31 Å². The fraction of sp³-hybridized carbons (Fsp3) is 0.300. The molecule has 2 aromatic heterocycles. The molecule has 0 spiro atoms. The van der Waals surface area contributed by atoms with Crippen molar-refractivity contribution in [2.45, 2.75) is 18.2 Å². The summed E-state index contributed by atoms with van der Waals surface area (Å²) in [6.45, 7) is 1.17. The Balaban J connectivity index is 1.51. The minimum atomic E-state index is -3.42. The molecule has 0 N–H and O–H groups in total. The van der Waals surface area contributed by atoms with E-state index in [1.165, 1.54) is 14.8 Å². The average molecular weight is 398 g/mol. The minimum absolute atomic E-state index is 0.0174. The highest BCUT2D eigenvalue weighted by Crippen LogP contribution is 2.23. The largest absolute Gasteiger partial charge is 0.355 e. The first-order valence-corrected chi connectivity index (χ1v) is 10.8. The van der Waals surface area contributed by atoms with Gasteiger partial charge in [0.2, 0.25) is 10.0 Å². The van der Waals surface area contributed by atoms with E-state index < -0.39 is 10.0 Å². The van der Waals surface area contributed by atoms with Crippen molar-refractivity contribution in [2.24, 2.45) is 0 Å². The second-order valence-electron chi connectivity index (χ2n) is 7.03. The molecule has 0 aliphatic carbocycles. The van der Waals surface area contributed by atoms with E-state index >= 15 is 0 Å². The van der Waals surface area contributed by atoms with E-state index in [-0.39, 0.29) is 17.4 Å². The monoisotopic (exact) mass is 398 g/mol. The Morgan fingerprint density at radius 3 is 2.68 bits per heavy atom. The standard InChI is InChI=1S/C20H22N4O3S/c1-22(28(26,27)15-16-7-3-2-4-8-16)17-10-12-23(14-17)19-13-20(25)24-11-6-5-9-18(24)21-19/h2-9,11,13,17H,10,12,14-15H2,1H3.